The van der Waals surface area contributed by atoms with Gasteiger partial charge >= 0.3 is 6.18 Å². The third kappa shape index (κ3) is 4.15. The molecule has 1 N–H and O–H groups in total. The van der Waals surface area contributed by atoms with Gasteiger partial charge in [-0.05, 0) is 48.5 Å². The lowest BCUT2D eigenvalue weighted by atomic mass is 10.1. The Morgan fingerprint density at radius 1 is 0.941 bits per heavy atom. The van der Waals surface area contributed by atoms with Crippen molar-refractivity contribution in [1.82, 2.24) is 0 Å². The first kappa shape index (κ1) is 21.4. The smallest absolute Gasteiger partial charge is 0.416 e. The van der Waals surface area contributed by atoms with Crippen molar-refractivity contribution in [2.24, 2.45) is 5.10 Å². The summed E-state index contributed by atoms with van der Waals surface area (Å²) in [5, 5.41) is 4.84. The molecule has 0 spiro atoms. The molecule has 0 aliphatic heterocycles. The molecule has 0 aliphatic carbocycles. The summed E-state index contributed by atoms with van der Waals surface area (Å²) in [7, 11) is 0. The van der Waals surface area contributed by atoms with E-state index in [0.29, 0.717) is 33.6 Å². The van der Waals surface area contributed by atoms with Gasteiger partial charge in [0.2, 0.25) is 5.43 Å². The van der Waals surface area contributed by atoms with Crippen LogP contribution in [0.4, 0.5) is 23.2 Å². The zero-order chi connectivity index (χ0) is 23.9. The number of anilines is 1. The monoisotopic (exact) mass is 466 g/mol. The van der Waals surface area contributed by atoms with E-state index in [2.05, 4.69) is 10.5 Å². The van der Waals surface area contributed by atoms with Gasteiger partial charge in [-0.15, -0.1) is 0 Å². The number of furan rings is 1. The van der Waals surface area contributed by atoms with Crippen molar-refractivity contribution in [2.75, 3.05) is 5.43 Å². The molecule has 2 aromatic heterocycles. The highest BCUT2D eigenvalue weighted by atomic mass is 19.4. The van der Waals surface area contributed by atoms with Crippen LogP contribution in [-0.2, 0) is 6.18 Å². The van der Waals surface area contributed by atoms with Crippen LogP contribution in [-0.4, -0.2) is 6.21 Å². The fourth-order valence-electron chi connectivity index (χ4n) is 3.46. The molecule has 170 valence electrons. The molecule has 0 radical (unpaired) electrons. The average molecular weight is 466 g/mol. The fourth-order valence-corrected chi connectivity index (χ4v) is 3.46. The van der Waals surface area contributed by atoms with Gasteiger partial charge in [-0.2, -0.15) is 18.3 Å². The van der Waals surface area contributed by atoms with Crippen LogP contribution in [0.2, 0.25) is 0 Å². The van der Waals surface area contributed by atoms with Crippen LogP contribution in [0.3, 0.4) is 0 Å². The van der Waals surface area contributed by atoms with Gasteiger partial charge in [0.25, 0.3) is 0 Å². The first-order valence-electron chi connectivity index (χ1n) is 9.99. The van der Waals surface area contributed by atoms with E-state index in [9.17, 15) is 22.4 Å². The van der Waals surface area contributed by atoms with Gasteiger partial charge in [-0.3, -0.25) is 10.2 Å². The predicted molar refractivity (Wildman–Crippen MR) is 120 cm³/mol. The second-order valence-electron chi connectivity index (χ2n) is 7.47. The van der Waals surface area contributed by atoms with Crippen LogP contribution >= 0.6 is 0 Å². The quantitative estimate of drug-likeness (QED) is 0.180. The molecule has 0 atom stereocenters. The Bertz CT molecular complexity index is 1600. The SMILES string of the molecule is O=c1c(/C=N/Nc2ccc(C(F)(F)F)cc2)coc2cc3oc(-c4cccc(F)c4)cc3cc12. The van der Waals surface area contributed by atoms with Crippen LogP contribution in [0.15, 0.2) is 91.7 Å². The highest BCUT2D eigenvalue weighted by Crippen LogP contribution is 2.31. The van der Waals surface area contributed by atoms with Crippen molar-refractivity contribution in [2.45, 2.75) is 6.18 Å². The fraction of sp³-hybridized carbons (Fsp3) is 0.0400. The Hall–Kier alpha value is -4.40. The summed E-state index contributed by atoms with van der Waals surface area (Å²) in [4.78, 5) is 12.9. The first-order chi connectivity index (χ1) is 16.3. The first-order valence-corrected chi connectivity index (χ1v) is 9.99. The summed E-state index contributed by atoms with van der Waals surface area (Å²) in [6.07, 6.45) is -1.98. The van der Waals surface area contributed by atoms with Gasteiger partial charge in [-0.1, -0.05) is 12.1 Å². The molecule has 9 heteroatoms. The molecular formula is C25H14F4N2O3. The number of fused-ring (bicyclic) bond motifs is 2. The van der Waals surface area contributed by atoms with Crippen LogP contribution in [0.1, 0.15) is 11.1 Å². The molecule has 0 saturated carbocycles. The van der Waals surface area contributed by atoms with Gasteiger partial charge in [0.15, 0.2) is 0 Å². The molecule has 5 aromatic rings. The number of hydrazone groups is 1. The van der Waals surface area contributed by atoms with Crippen molar-refractivity contribution in [3.05, 3.63) is 100 Å². The zero-order valence-corrected chi connectivity index (χ0v) is 17.2. The molecule has 0 bridgehead atoms. The number of nitrogens with zero attached hydrogens (tertiary/aromatic N) is 1. The highest BCUT2D eigenvalue weighted by molar-refractivity contribution is 5.96. The van der Waals surface area contributed by atoms with E-state index in [-0.39, 0.29) is 16.4 Å². The zero-order valence-electron chi connectivity index (χ0n) is 17.2. The summed E-state index contributed by atoms with van der Waals surface area (Å²) >= 11 is 0. The van der Waals surface area contributed by atoms with E-state index >= 15 is 0 Å². The molecule has 5 nitrogen and oxygen atoms in total. The molecule has 34 heavy (non-hydrogen) atoms. The molecule has 3 aromatic carbocycles. The number of halogens is 4. The maximum absolute atomic E-state index is 13.5. The average Bonchev–Trinajstić information content (AvgIpc) is 3.22. The van der Waals surface area contributed by atoms with Crippen molar-refractivity contribution >= 4 is 33.8 Å². The Labute approximate surface area is 188 Å². The van der Waals surface area contributed by atoms with E-state index in [4.69, 9.17) is 8.83 Å². The number of rotatable bonds is 4. The molecule has 0 fully saturated rings. The standard InChI is InChI=1S/C25H14F4N2O3/c26-18-3-1-2-14(8-18)21-10-15-9-20-23(11-22(15)34-21)33-13-16(24(20)32)12-30-31-19-6-4-17(5-7-19)25(27,28)29/h1-13,31H/b30-12+. The van der Waals surface area contributed by atoms with Crippen molar-refractivity contribution < 1.29 is 26.4 Å². The maximum Gasteiger partial charge on any atom is 0.416 e. The minimum absolute atomic E-state index is 0.139. The summed E-state index contributed by atoms with van der Waals surface area (Å²) in [6, 6.07) is 15.2. The molecular weight excluding hydrogens is 452 g/mol. The highest BCUT2D eigenvalue weighted by Gasteiger charge is 2.29. The number of alkyl halides is 3. The van der Waals surface area contributed by atoms with E-state index in [0.717, 1.165) is 12.1 Å². The molecule has 0 saturated heterocycles. The predicted octanol–water partition coefficient (Wildman–Crippen LogP) is 6.81. The maximum atomic E-state index is 13.5. The minimum atomic E-state index is -4.43. The Morgan fingerprint density at radius 3 is 2.47 bits per heavy atom. The molecule has 2 heterocycles. The molecule has 0 amide bonds. The van der Waals surface area contributed by atoms with Crippen LogP contribution in [0, 0.1) is 5.82 Å². The summed E-state index contributed by atoms with van der Waals surface area (Å²) in [5.74, 6) is 0.0496. The van der Waals surface area contributed by atoms with E-state index in [1.165, 1.54) is 36.7 Å². The Kier molecular flexibility index (Phi) is 5.16. The normalized spacial score (nSPS) is 12.1. The largest absolute Gasteiger partial charge is 0.463 e. The lowest BCUT2D eigenvalue weighted by molar-refractivity contribution is -0.137. The number of nitrogens with one attached hydrogen (secondary N) is 1. The van der Waals surface area contributed by atoms with E-state index < -0.39 is 17.6 Å². The molecule has 0 aliphatic rings. The lowest BCUT2D eigenvalue weighted by Crippen LogP contribution is -2.08. The van der Waals surface area contributed by atoms with Gasteiger partial charge in [0.05, 0.1) is 28.4 Å². The summed E-state index contributed by atoms with van der Waals surface area (Å²) < 4.78 is 62.9. The second kappa shape index (κ2) is 8.18. The minimum Gasteiger partial charge on any atom is -0.463 e. The molecule has 0 unspecified atom stereocenters. The van der Waals surface area contributed by atoms with E-state index in [1.807, 2.05) is 0 Å². The van der Waals surface area contributed by atoms with Crippen LogP contribution in [0.25, 0.3) is 33.3 Å². The second-order valence-corrected chi connectivity index (χ2v) is 7.47. The van der Waals surface area contributed by atoms with Crippen LogP contribution < -0.4 is 10.9 Å². The third-order valence-corrected chi connectivity index (χ3v) is 5.16. The van der Waals surface area contributed by atoms with Crippen molar-refractivity contribution in [3.63, 3.8) is 0 Å². The topological polar surface area (TPSA) is 67.7 Å². The van der Waals surface area contributed by atoms with Crippen LogP contribution in [0.5, 0.6) is 0 Å². The van der Waals surface area contributed by atoms with Gasteiger partial charge in [-0.25, -0.2) is 4.39 Å². The van der Waals surface area contributed by atoms with Crippen molar-refractivity contribution in [3.8, 4) is 11.3 Å². The van der Waals surface area contributed by atoms with Crippen molar-refractivity contribution in [1.29, 1.82) is 0 Å². The van der Waals surface area contributed by atoms with Gasteiger partial charge < -0.3 is 8.83 Å². The van der Waals surface area contributed by atoms with Gasteiger partial charge in [0, 0.05) is 17.0 Å². The summed E-state index contributed by atoms with van der Waals surface area (Å²) in [5.41, 5.74) is 3.24. The Morgan fingerprint density at radius 2 is 1.74 bits per heavy atom. The Balaban J connectivity index is 1.43. The third-order valence-electron chi connectivity index (χ3n) is 5.16. The number of benzene rings is 3. The lowest BCUT2D eigenvalue weighted by Gasteiger charge is -2.07. The molecule has 5 rings (SSSR count). The number of hydrogen-bond donors (Lipinski definition) is 1. The summed E-state index contributed by atoms with van der Waals surface area (Å²) in [6.45, 7) is 0. The van der Waals surface area contributed by atoms with E-state index in [1.54, 1.807) is 30.3 Å². The number of hydrogen-bond acceptors (Lipinski definition) is 5. The van der Waals surface area contributed by atoms with Gasteiger partial charge in [0.1, 0.15) is 29.0 Å².